The number of rotatable bonds is 6. The topological polar surface area (TPSA) is 45.7 Å². The standard InChI is InChI=1S/C21H17Br2N3OS/c22-17-9-8-16(20(23)12-17)14-27-19-10-6-15(7-11-19)13-24-26-21(28)25-18-4-2-1-3-5-18/h1-13H,14H2,(H2,25,26,28)/b24-13+. The summed E-state index contributed by atoms with van der Waals surface area (Å²) in [5.74, 6) is 0.793. The van der Waals surface area contributed by atoms with Gasteiger partial charge in [0.05, 0.1) is 6.21 Å². The Labute approximate surface area is 186 Å². The lowest BCUT2D eigenvalue weighted by Gasteiger charge is -2.08. The second kappa shape index (κ2) is 10.4. The minimum Gasteiger partial charge on any atom is -0.489 e. The van der Waals surface area contributed by atoms with Crippen LogP contribution in [0.1, 0.15) is 11.1 Å². The molecule has 0 amide bonds. The van der Waals surface area contributed by atoms with Gasteiger partial charge in [-0.1, -0.05) is 56.1 Å². The average molecular weight is 519 g/mol. The van der Waals surface area contributed by atoms with Gasteiger partial charge in [0.2, 0.25) is 0 Å². The number of nitrogens with zero attached hydrogens (tertiary/aromatic N) is 1. The number of ether oxygens (including phenoxy) is 1. The van der Waals surface area contributed by atoms with Crippen LogP contribution in [0, 0.1) is 0 Å². The Kier molecular flexibility index (Phi) is 7.59. The molecule has 0 fully saturated rings. The van der Waals surface area contributed by atoms with Gasteiger partial charge in [-0.2, -0.15) is 5.10 Å². The second-order valence-electron chi connectivity index (χ2n) is 5.78. The molecular formula is C21H17Br2N3OS. The van der Waals surface area contributed by atoms with Crippen LogP contribution in [0.15, 0.2) is 86.8 Å². The Morgan fingerprint density at radius 1 is 1.00 bits per heavy atom. The lowest BCUT2D eigenvalue weighted by molar-refractivity contribution is 0.305. The molecule has 0 bridgehead atoms. The van der Waals surface area contributed by atoms with E-state index in [0.29, 0.717) is 11.7 Å². The van der Waals surface area contributed by atoms with Gasteiger partial charge < -0.3 is 10.1 Å². The van der Waals surface area contributed by atoms with E-state index in [0.717, 1.165) is 31.5 Å². The van der Waals surface area contributed by atoms with E-state index in [1.54, 1.807) is 6.21 Å². The summed E-state index contributed by atoms with van der Waals surface area (Å²) in [6.45, 7) is 0.488. The second-order valence-corrected chi connectivity index (χ2v) is 7.96. The Balaban J connectivity index is 1.48. The first-order valence-electron chi connectivity index (χ1n) is 8.42. The number of para-hydroxylation sites is 1. The normalized spacial score (nSPS) is 10.6. The van der Waals surface area contributed by atoms with Crippen LogP contribution in [0.5, 0.6) is 5.75 Å². The lowest BCUT2D eigenvalue weighted by atomic mass is 10.2. The van der Waals surface area contributed by atoms with E-state index in [2.05, 4.69) is 47.7 Å². The van der Waals surface area contributed by atoms with Gasteiger partial charge >= 0.3 is 0 Å². The van der Waals surface area contributed by atoms with Crippen LogP contribution in [0.3, 0.4) is 0 Å². The lowest BCUT2D eigenvalue weighted by Crippen LogP contribution is -2.23. The maximum atomic E-state index is 5.84. The zero-order chi connectivity index (χ0) is 19.8. The first-order chi connectivity index (χ1) is 13.6. The van der Waals surface area contributed by atoms with Gasteiger partial charge in [0.25, 0.3) is 0 Å². The molecule has 0 saturated carbocycles. The SMILES string of the molecule is S=C(N/N=C/c1ccc(OCc2ccc(Br)cc2Br)cc1)Nc1ccccc1. The molecule has 0 spiro atoms. The summed E-state index contributed by atoms with van der Waals surface area (Å²) < 4.78 is 7.88. The Hall–Kier alpha value is -2.22. The Morgan fingerprint density at radius 2 is 1.75 bits per heavy atom. The number of nitrogens with one attached hydrogen (secondary N) is 2. The van der Waals surface area contributed by atoms with Gasteiger partial charge in [-0.3, -0.25) is 5.43 Å². The van der Waals surface area contributed by atoms with Crippen molar-refractivity contribution < 1.29 is 4.74 Å². The van der Waals surface area contributed by atoms with Crippen LogP contribution < -0.4 is 15.5 Å². The van der Waals surface area contributed by atoms with E-state index < -0.39 is 0 Å². The van der Waals surface area contributed by atoms with Crippen molar-refractivity contribution in [3.63, 3.8) is 0 Å². The van der Waals surface area contributed by atoms with Gasteiger partial charge in [0.15, 0.2) is 5.11 Å². The molecule has 28 heavy (non-hydrogen) atoms. The van der Waals surface area contributed by atoms with Crippen LogP contribution in [0.2, 0.25) is 0 Å². The maximum absolute atomic E-state index is 5.84. The third-order valence-electron chi connectivity index (χ3n) is 3.70. The predicted octanol–water partition coefficient (Wildman–Crippen LogP) is 6.11. The molecule has 142 valence electrons. The fraction of sp³-hybridized carbons (Fsp3) is 0.0476. The summed E-state index contributed by atoms with van der Waals surface area (Å²) in [5, 5.41) is 7.64. The average Bonchev–Trinajstić information content (AvgIpc) is 2.69. The highest BCUT2D eigenvalue weighted by molar-refractivity contribution is 9.11. The van der Waals surface area contributed by atoms with Crippen LogP contribution in [-0.4, -0.2) is 11.3 Å². The number of thiocarbonyl (C=S) groups is 1. The van der Waals surface area contributed by atoms with Crippen molar-refractivity contribution in [3.05, 3.63) is 92.9 Å². The largest absolute Gasteiger partial charge is 0.489 e. The van der Waals surface area contributed by atoms with Crippen molar-refractivity contribution in [1.29, 1.82) is 0 Å². The quantitative estimate of drug-likeness (QED) is 0.235. The van der Waals surface area contributed by atoms with E-state index in [-0.39, 0.29) is 0 Å². The van der Waals surface area contributed by atoms with E-state index in [9.17, 15) is 0 Å². The van der Waals surface area contributed by atoms with Crippen molar-refractivity contribution in [2.75, 3.05) is 5.32 Å². The molecule has 0 heterocycles. The summed E-state index contributed by atoms with van der Waals surface area (Å²) >= 11 is 12.2. The molecule has 2 N–H and O–H groups in total. The third kappa shape index (κ3) is 6.44. The predicted molar refractivity (Wildman–Crippen MR) is 126 cm³/mol. The Morgan fingerprint density at radius 3 is 2.46 bits per heavy atom. The first-order valence-corrected chi connectivity index (χ1v) is 10.4. The number of hydrogen-bond donors (Lipinski definition) is 2. The van der Waals surface area contributed by atoms with Gasteiger partial charge in [-0.05, 0) is 66.3 Å². The molecule has 0 radical (unpaired) electrons. The zero-order valence-corrected chi connectivity index (χ0v) is 18.7. The van der Waals surface area contributed by atoms with E-state index in [1.807, 2.05) is 72.8 Å². The molecule has 0 saturated heterocycles. The van der Waals surface area contributed by atoms with Crippen molar-refractivity contribution in [2.45, 2.75) is 6.61 Å². The number of anilines is 1. The van der Waals surface area contributed by atoms with E-state index >= 15 is 0 Å². The van der Waals surface area contributed by atoms with Gasteiger partial charge in [0, 0.05) is 20.2 Å². The fourth-order valence-electron chi connectivity index (χ4n) is 2.30. The molecule has 3 aromatic rings. The summed E-state index contributed by atoms with van der Waals surface area (Å²) in [4.78, 5) is 0. The molecule has 3 rings (SSSR count). The number of hydrazone groups is 1. The van der Waals surface area contributed by atoms with Crippen LogP contribution in [-0.2, 0) is 6.61 Å². The third-order valence-corrected chi connectivity index (χ3v) is 5.13. The maximum Gasteiger partial charge on any atom is 0.191 e. The minimum atomic E-state index is 0.433. The van der Waals surface area contributed by atoms with E-state index in [1.165, 1.54) is 0 Å². The van der Waals surface area contributed by atoms with Crippen LogP contribution in [0.4, 0.5) is 5.69 Å². The molecule has 3 aromatic carbocycles. The minimum absolute atomic E-state index is 0.433. The molecule has 0 aliphatic rings. The molecule has 0 unspecified atom stereocenters. The molecule has 0 aliphatic carbocycles. The highest BCUT2D eigenvalue weighted by Crippen LogP contribution is 2.23. The summed E-state index contributed by atoms with van der Waals surface area (Å²) in [5.41, 5.74) is 5.73. The molecule has 0 aromatic heterocycles. The fourth-order valence-corrected chi connectivity index (χ4v) is 3.63. The molecule has 7 heteroatoms. The number of halogens is 2. The Bertz CT molecular complexity index is 963. The summed E-state index contributed by atoms with van der Waals surface area (Å²) in [6.07, 6.45) is 1.70. The van der Waals surface area contributed by atoms with Gasteiger partial charge in [0.1, 0.15) is 12.4 Å². The smallest absolute Gasteiger partial charge is 0.191 e. The highest BCUT2D eigenvalue weighted by Gasteiger charge is 2.02. The highest BCUT2D eigenvalue weighted by atomic mass is 79.9. The van der Waals surface area contributed by atoms with Crippen LogP contribution in [0.25, 0.3) is 0 Å². The molecular weight excluding hydrogens is 502 g/mol. The molecule has 4 nitrogen and oxygen atoms in total. The van der Waals surface area contributed by atoms with E-state index in [4.69, 9.17) is 17.0 Å². The summed E-state index contributed by atoms with van der Waals surface area (Å²) in [6, 6.07) is 23.4. The van der Waals surface area contributed by atoms with Crippen molar-refractivity contribution in [1.82, 2.24) is 5.43 Å². The number of benzene rings is 3. The van der Waals surface area contributed by atoms with Gasteiger partial charge in [-0.25, -0.2) is 0 Å². The first kappa shape index (κ1) is 20.5. The van der Waals surface area contributed by atoms with Crippen molar-refractivity contribution in [2.24, 2.45) is 5.10 Å². The summed E-state index contributed by atoms with van der Waals surface area (Å²) in [7, 11) is 0. The van der Waals surface area contributed by atoms with Crippen molar-refractivity contribution >= 4 is 61.1 Å². The van der Waals surface area contributed by atoms with Crippen LogP contribution >= 0.6 is 44.1 Å². The monoisotopic (exact) mass is 517 g/mol. The zero-order valence-electron chi connectivity index (χ0n) is 14.7. The molecule has 0 atom stereocenters. The van der Waals surface area contributed by atoms with Crippen molar-refractivity contribution in [3.8, 4) is 5.75 Å². The number of hydrogen-bond acceptors (Lipinski definition) is 3. The molecule has 0 aliphatic heterocycles. The van der Waals surface area contributed by atoms with Gasteiger partial charge in [-0.15, -0.1) is 0 Å².